The van der Waals surface area contributed by atoms with Gasteiger partial charge in [-0.1, -0.05) is 0 Å². The molecule has 0 radical (unpaired) electrons. The zero-order valence-electron chi connectivity index (χ0n) is 12.8. The standard InChI is InChI=1S/C15H22N4S2/c1-10(2)19-15(17-9-18-19)7-12(16-3)14-6-11-8-20-5-4-13(11)21-14/h6,9-10,12,16H,4-5,7-8H2,1-3H3. The Labute approximate surface area is 134 Å². The van der Waals surface area contributed by atoms with Gasteiger partial charge in [-0.2, -0.15) is 16.9 Å². The number of aromatic nitrogens is 3. The van der Waals surface area contributed by atoms with Crippen LogP contribution in [0.2, 0.25) is 0 Å². The van der Waals surface area contributed by atoms with Gasteiger partial charge >= 0.3 is 0 Å². The number of likely N-dealkylation sites (N-methyl/N-ethyl adjacent to an activating group) is 1. The first-order valence-electron chi connectivity index (χ1n) is 7.44. The van der Waals surface area contributed by atoms with Crippen LogP contribution in [0.4, 0.5) is 0 Å². The lowest BCUT2D eigenvalue weighted by Gasteiger charge is -2.16. The van der Waals surface area contributed by atoms with Crippen LogP contribution in [0.25, 0.3) is 0 Å². The van der Waals surface area contributed by atoms with E-state index in [1.165, 1.54) is 28.4 Å². The fourth-order valence-electron chi connectivity index (χ4n) is 2.72. The van der Waals surface area contributed by atoms with Crippen LogP contribution in [0.5, 0.6) is 0 Å². The van der Waals surface area contributed by atoms with Crippen molar-refractivity contribution in [3.8, 4) is 0 Å². The number of fused-ring (bicyclic) bond motifs is 1. The predicted octanol–water partition coefficient (Wildman–Crippen LogP) is 3.21. The van der Waals surface area contributed by atoms with Crippen LogP contribution in [0, 0.1) is 0 Å². The van der Waals surface area contributed by atoms with Crippen molar-refractivity contribution in [2.75, 3.05) is 12.8 Å². The van der Waals surface area contributed by atoms with Gasteiger partial charge in [0.15, 0.2) is 0 Å². The lowest BCUT2D eigenvalue weighted by atomic mass is 10.1. The first-order valence-corrected chi connectivity index (χ1v) is 9.41. The SMILES string of the molecule is CNC(Cc1ncnn1C(C)C)c1cc2c(s1)CCSC2. The summed E-state index contributed by atoms with van der Waals surface area (Å²) in [7, 11) is 2.04. The van der Waals surface area contributed by atoms with Crippen LogP contribution < -0.4 is 5.32 Å². The summed E-state index contributed by atoms with van der Waals surface area (Å²) in [6.45, 7) is 4.29. The molecule has 1 N–H and O–H groups in total. The third-order valence-electron chi connectivity index (χ3n) is 3.86. The van der Waals surface area contributed by atoms with E-state index in [9.17, 15) is 0 Å². The van der Waals surface area contributed by atoms with Gasteiger partial charge in [-0.05, 0) is 44.7 Å². The molecular weight excluding hydrogens is 300 g/mol. The second-order valence-corrected chi connectivity index (χ2v) is 7.93. The average Bonchev–Trinajstić information content (AvgIpc) is 3.10. The number of nitrogens with zero attached hydrogens (tertiary/aromatic N) is 3. The molecule has 0 fully saturated rings. The second kappa shape index (κ2) is 6.50. The molecule has 1 atom stereocenters. The van der Waals surface area contributed by atoms with Gasteiger partial charge in [0.25, 0.3) is 0 Å². The van der Waals surface area contributed by atoms with Crippen molar-refractivity contribution in [3.05, 3.63) is 33.5 Å². The first kappa shape index (κ1) is 15.1. The van der Waals surface area contributed by atoms with Crippen molar-refractivity contribution in [2.24, 2.45) is 0 Å². The number of aryl methyl sites for hydroxylation is 1. The largest absolute Gasteiger partial charge is 0.312 e. The molecule has 2 aromatic heterocycles. The zero-order chi connectivity index (χ0) is 14.8. The van der Waals surface area contributed by atoms with E-state index < -0.39 is 0 Å². The van der Waals surface area contributed by atoms with Gasteiger partial charge in [0.1, 0.15) is 12.2 Å². The summed E-state index contributed by atoms with van der Waals surface area (Å²) in [4.78, 5) is 7.46. The van der Waals surface area contributed by atoms with Crippen molar-refractivity contribution in [1.82, 2.24) is 20.1 Å². The van der Waals surface area contributed by atoms with Gasteiger partial charge in [-0.15, -0.1) is 11.3 Å². The Morgan fingerprint density at radius 3 is 3.00 bits per heavy atom. The Bertz CT molecular complexity index is 579. The Kier molecular flexibility index (Phi) is 4.66. The summed E-state index contributed by atoms with van der Waals surface area (Å²) in [5.41, 5.74) is 1.54. The topological polar surface area (TPSA) is 42.7 Å². The number of thiophene rings is 1. The molecule has 1 aliphatic rings. The van der Waals surface area contributed by atoms with E-state index >= 15 is 0 Å². The van der Waals surface area contributed by atoms with Gasteiger partial charge in [0, 0.05) is 34.0 Å². The molecular formula is C15H22N4S2. The highest BCUT2D eigenvalue weighted by molar-refractivity contribution is 7.98. The summed E-state index contributed by atoms with van der Waals surface area (Å²) in [5.74, 6) is 3.49. The van der Waals surface area contributed by atoms with Gasteiger partial charge < -0.3 is 5.32 Å². The first-order chi connectivity index (χ1) is 10.2. The Morgan fingerprint density at radius 2 is 2.29 bits per heavy atom. The van der Waals surface area contributed by atoms with Gasteiger partial charge in [0.05, 0.1) is 0 Å². The molecule has 0 saturated carbocycles. The van der Waals surface area contributed by atoms with Crippen LogP contribution in [0.15, 0.2) is 12.4 Å². The van der Waals surface area contributed by atoms with Crippen LogP contribution in [0.3, 0.4) is 0 Å². The molecule has 1 aliphatic heterocycles. The fraction of sp³-hybridized carbons (Fsp3) is 0.600. The van der Waals surface area contributed by atoms with Crippen molar-refractivity contribution >= 4 is 23.1 Å². The molecule has 0 amide bonds. The maximum atomic E-state index is 4.44. The van der Waals surface area contributed by atoms with E-state index in [1.54, 1.807) is 11.2 Å². The van der Waals surface area contributed by atoms with Crippen LogP contribution in [-0.2, 0) is 18.6 Å². The van der Waals surface area contributed by atoms with Crippen LogP contribution >= 0.6 is 23.1 Å². The Balaban J connectivity index is 1.81. The number of nitrogens with one attached hydrogen (secondary N) is 1. The van der Waals surface area contributed by atoms with E-state index in [1.807, 2.05) is 34.8 Å². The van der Waals surface area contributed by atoms with Crippen LogP contribution in [-0.4, -0.2) is 27.6 Å². The molecule has 0 aliphatic carbocycles. The van der Waals surface area contributed by atoms with Crippen molar-refractivity contribution < 1.29 is 0 Å². The van der Waals surface area contributed by atoms with Crippen LogP contribution in [0.1, 0.15) is 47.1 Å². The number of hydrogen-bond acceptors (Lipinski definition) is 5. The maximum Gasteiger partial charge on any atom is 0.138 e. The van der Waals surface area contributed by atoms with E-state index in [2.05, 4.69) is 35.3 Å². The molecule has 3 rings (SSSR count). The molecule has 6 heteroatoms. The third-order valence-corrected chi connectivity index (χ3v) is 6.22. The monoisotopic (exact) mass is 322 g/mol. The number of hydrogen-bond donors (Lipinski definition) is 1. The molecule has 21 heavy (non-hydrogen) atoms. The molecule has 1 unspecified atom stereocenters. The summed E-state index contributed by atoms with van der Waals surface area (Å²) >= 11 is 4.01. The second-order valence-electron chi connectivity index (χ2n) is 5.66. The summed E-state index contributed by atoms with van der Waals surface area (Å²) in [6, 6.07) is 3.07. The molecule has 0 aromatic carbocycles. The highest BCUT2D eigenvalue weighted by atomic mass is 32.2. The molecule has 4 nitrogen and oxygen atoms in total. The molecule has 0 spiro atoms. The summed E-state index contributed by atoms with van der Waals surface area (Å²) in [6.07, 6.45) is 3.78. The maximum absolute atomic E-state index is 4.44. The van der Waals surface area contributed by atoms with Gasteiger partial charge in [0.2, 0.25) is 0 Å². The lowest BCUT2D eigenvalue weighted by molar-refractivity contribution is 0.480. The molecule has 114 valence electrons. The van der Waals surface area contributed by atoms with E-state index in [-0.39, 0.29) is 0 Å². The lowest BCUT2D eigenvalue weighted by Crippen LogP contribution is -2.20. The quantitative estimate of drug-likeness (QED) is 0.918. The number of thioether (sulfide) groups is 1. The van der Waals surface area contributed by atoms with Gasteiger partial charge in [-0.3, -0.25) is 0 Å². The molecule has 0 bridgehead atoms. The highest BCUT2D eigenvalue weighted by Gasteiger charge is 2.21. The summed E-state index contributed by atoms with van der Waals surface area (Å²) in [5, 5.41) is 7.79. The van der Waals surface area contributed by atoms with E-state index in [4.69, 9.17) is 0 Å². The zero-order valence-corrected chi connectivity index (χ0v) is 14.4. The predicted molar refractivity (Wildman–Crippen MR) is 90.1 cm³/mol. The molecule has 3 heterocycles. The van der Waals surface area contributed by atoms with Crippen molar-refractivity contribution in [2.45, 2.75) is 44.5 Å². The summed E-state index contributed by atoms with van der Waals surface area (Å²) < 4.78 is 2.02. The molecule has 2 aromatic rings. The minimum absolute atomic E-state index is 0.326. The normalized spacial score (nSPS) is 16.2. The fourth-order valence-corrected chi connectivity index (χ4v) is 5.21. The van der Waals surface area contributed by atoms with E-state index in [0.717, 1.165) is 12.2 Å². The Hall–Kier alpha value is -0.850. The van der Waals surface area contributed by atoms with Gasteiger partial charge in [-0.25, -0.2) is 9.67 Å². The van der Waals surface area contributed by atoms with Crippen molar-refractivity contribution in [3.63, 3.8) is 0 Å². The smallest absolute Gasteiger partial charge is 0.138 e. The average molecular weight is 323 g/mol. The minimum Gasteiger partial charge on any atom is -0.312 e. The minimum atomic E-state index is 0.326. The Morgan fingerprint density at radius 1 is 1.43 bits per heavy atom. The highest BCUT2D eigenvalue weighted by Crippen LogP contribution is 2.35. The third kappa shape index (κ3) is 3.17. The number of rotatable bonds is 5. The molecule has 0 saturated heterocycles. The van der Waals surface area contributed by atoms with Crippen molar-refractivity contribution in [1.29, 1.82) is 0 Å². The van der Waals surface area contributed by atoms with E-state index in [0.29, 0.717) is 12.1 Å².